The van der Waals surface area contributed by atoms with Crippen molar-refractivity contribution in [2.75, 3.05) is 11.5 Å². The fourth-order valence-electron chi connectivity index (χ4n) is 3.05. The number of aromatic nitrogens is 2. The van der Waals surface area contributed by atoms with Crippen LogP contribution in [0.25, 0.3) is 0 Å². The third kappa shape index (κ3) is 3.77. The molecule has 1 aliphatic rings. The summed E-state index contributed by atoms with van der Waals surface area (Å²) in [6.45, 7) is 3.66. The number of nitrogens with zero attached hydrogens (tertiary/aromatic N) is 3. The van der Waals surface area contributed by atoms with Crippen LogP contribution in [0.15, 0.2) is 29.4 Å². The maximum Gasteiger partial charge on any atom is 0.271 e. The van der Waals surface area contributed by atoms with Gasteiger partial charge in [-0.3, -0.25) is 9.48 Å². The zero-order valence-corrected chi connectivity index (χ0v) is 15.3. The van der Waals surface area contributed by atoms with Crippen molar-refractivity contribution in [2.24, 2.45) is 5.10 Å². The van der Waals surface area contributed by atoms with E-state index in [4.69, 9.17) is 0 Å². The van der Waals surface area contributed by atoms with Crippen molar-refractivity contribution in [1.82, 2.24) is 15.2 Å². The molecule has 9 heteroatoms. The van der Waals surface area contributed by atoms with Crippen molar-refractivity contribution in [1.29, 1.82) is 0 Å². The number of hydrogen-bond acceptors (Lipinski definition) is 6. The molecule has 0 aliphatic carbocycles. The van der Waals surface area contributed by atoms with E-state index >= 15 is 0 Å². The molecule has 1 aromatic heterocycles. The summed E-state index contributed by atoms with van der Waals surface area (Å²) < 4.78 is 25.1. The molecule has 2 heterocycles. The number of rotatable bonds is 4. The molecule has 2 N–H and O–H groups in total. The van der Waals surface area contributed by atoms with Crippen molar-refractivity contribution in [3.05, 3.63) is 46.8 Å². The molecule has 1 aliphatic heterocycles. The maximum atomic E-state index is 12.0. The van der Waals surface area contributed by atoms with Crippen LogP contribution in [0.4, 0.5) is 0 Å². The number of nitrogens with one attached hydrogen (secondary N) is 1. The maximum absolute atomic E-state index is 12.0. The van der Waals surface area contributed by atoms with Gasteiger partial charge in [-0.25, -0.2) is 13.8 Å². The van der Waals surface area contributed by atoms with Crippen LogP contribution in [-0.4, -0.2) is 46.9 Å². The highest BCUT2D eigenvalue weighted by Gasteiger charge is 2.31. The minimum absolute atomic E-state index is 0.00103. The molecule has 1 amide bonds. The number of carbonyl (C=O) groups is 1. The largest absolute Gasteiger partial charge is 0.508 e. The number of amides is 1. The summed E-state index contributed by atoms with van der Waals surface area (Å²) >= 11 is 0. The molecule has 1 atom stereocenters. The van der Waals surface area contributed by atoms with Gasteiger partial charge in [-0.15, -0.1) is 0 Å². The van der Waals surface area contributed by atoms with Gasteiger partial charge in [0.05, 0.1) is 29.5 Å². The Balaban J connectivity index is 1.74. The lowest BCUT2D eigenvalue weighted by Gasteiger charge is -2.10. The summed E-state index contributed by atoms with van der Waals surface area (Å²) in [6.07, 6.45) is 2.05. The van der Waals surface area contributed by atoms with Crippen LogP contribution in [0, 0.1) is 13.8 Å². The molecule has 8 nitrogen and oxygen atoms in total. The molecule has 2 aromatic rings. The number of sulfone groups is 1. The number of hydrogen-bond donors (Lipinski definition) is 2. The van der Waals surface area contributed by atoms with Crippen molar-refractivity contribution in [3.63, 3.8) is 0 Å². The number of aryl methyl sites for hydroxylation is 1. The molecule has 0 bridgehead atoms. The van der Waals surface area contributed by atoms with Gasteiger partial charge in [-0.1, -0.05) is 6.07 Å². The Morgan fingerprint density at radius 1 is 1.42 bits per heavy atom. The molecule has 1 aromatic carbocycles. The molecule has 0 saturated carbocycles. The molecule has 3 rings (SSSR count). The summed E-state index contributed by atoms with van der Waals surface area (Å²) in [6, 6.07) is 5.80. The van der Waals surface area contributed by atoms with Gasteiger partial charge in [0, 0.05) is 16.8 Å². The monoisotopic (exact) mass is 376 g/mol. The summed E-state index contributed by atoms with van der Waals surface area (Å²) in [5.74, 6) is -0.165. The second-order valence-electron chi connectivity index (χ2n) is 6.34. The number of phenols is 1. The predicted molar refractivity (Wildman–Crippen MR) is 97.2 cm³/mol. The fourth-order valence-corrected chi connectivity index (χ4v) is 4.75. The smallest absolute Gasteiger partial charge is 0.271 e. The molecule has 1 fully saturated rings. The molecular weight excluding hydrogens is 356 g/mol. The quantitative estimate of drug-likeness (QED) is 0.617. The van der Waals surface area contributed by atoms with Crippen LogP contribution >= 0.6 is 0 Å². The Morgan fingerprint density at radius 3 is 2.85 bits per heavy atom. The van der Waals surface area contributed by atoms with E-state index in [-0.39, 0.29) is 23.3 Å². The first-order chi connectivity index (χ1) is 12.3. The molecular formula is C17H20N4O4S. The first kappa shape index (κ1) is 18.1. The highest BCUT2D eigenvalue weighted by Crippen LogP contribution is 2.26. The number of benzene rings is 1. The van der Waals surface area contributed by atoms with E-state index < -0.39 is 15.7 Å². The summed E-state index contributed by atoms with van der Waals surface area (Å²) in [7, 11) is -3.00. The normalized spacial score (nSPS) is 19.1. The standard InChI is InChI=1S/C17H20N4O4S/c1-11-16(9-18-19-17(23)13-4-3-5-15(22)8-13)12(2)21(20-11)14-6-7-26(24,25)10-14/h3-5,8-9,14,22H,6-7,10H2,1-2H3,(H,19,23)/b18-9-/t14-/m1/s1. The van der Waals surface area contributed by atoms with Crippen molar-refractivity contribution >= 4 is 22.0 Å². The van der Waals surface area contributed by atoms with Gasteiger partial charge in [0.15, 0.2) is 9.84 Å². The van der Waals surface area contributed by atoms with Gasteiger partial charge in [0.1, 0.15) is 5.75 Å². The predicted octanol–water partition coefficient (Wildman–Crippen LogP) is 1.33. The van der Waals surface area contributed by atoms with E-state index in [1.807, 2.05) is 13.8 Å². The lowest BCUT2D eigenvalue weighted by molar-refractivity contribution is 0.0954. The Morgan fingerprint density at radius 2 is 2.19 bits per heavy atom. The van der Waals surface area contributed by atoms with Gasteiger partial charge in [-0.05, 0) is 38.5 Å². The average molecular weight is 376 g/mol. The fraction of sp³-hybridized carbons (Fsp3) is 0.353. The van der Waals surface area contributed by atoms with Gasteiger partial charge >= 0.3 is 0 Å². The molecule has 1 saturated heterocycles. The Hall–Kier alpha value is -2.68. The Bertz CT molecular complexity index is 979. The minimum Gasteiger partial charge on any atom is -0.508 e. The second-order valence-corrected chi connectivity index (χ2v) is 8.56. The Labute approximate surface area is 151 Å². The van der Waals surface area contributed by atoms with Gasteiger partial charge < -0.3 is 5.11 Å². The highest BCUT2D eigenvalue weighted by molar-refractivity contribution is 7.91. The first-order valence-electron chi connectivity index (χ1n) is 8.15. The number of phenolic OH excluding ortho intramolecular Hbond substituents is 1. The SMILES string of the molecule is Cc1nn([C@@H]2CCS(=O)(=O)C2)c(C)c1/C=N\NC(=O)c1cccc(O)c1. The van der Waals surface area contributed by atoms with E-state index in [9.17, 15) is 18.3 Å². The Kier molecular flexibility index (Phi) is 4.82. The third-order valence-corrected chi connectivity index (χ3v) is 6.15. The number of aromatic hydroxyl groups is 1. The summed E-state index contributed by atoms with van der Waals surface area (Å²) in [5, 5.41) is 17.8. The van der Waals surface area contributed by atoms with E-state index in [0.29, 0.717) is 17.7 Å². The average Bonchev–Trinajstić information content (AvgIpc) is 3.07. The van der Waals surface area contributed by atoms with Gasteiger partial charge in [0.25, 0.3) is 5.91 Å². The zero-order chi connectivity index (χ0) is 18.9. The van der Waals surface area contributed by atoms with E-state index in [2.05, 4.69) is 15.6 Å². The van der Waals surface area contributed by atoms with Crippen LogP contribution in [-0.2, 0) is 9.84 Å². The number of hydrazone groups is 1. The third-order valence-electron chi connectivity index (χ3n) is 4.40. The molecule has 26 heavy (non-hydrogen) atoms. The lowest BCUT2D eigenvalue weighted by Crippen LogP contribution is -2.17. The van der Waals surface area contributed by atoms with Crippen LogP contribution in [0.2, 0.25) is 0 Å². The van der Waals surface area contributed by atoms with Gasteiger partial charge in [0.2, 0.25) is 0 Å². The van der Waals surface area contributed by atoms with Crippen LogP contribution < -0.4 is 5.43 Å². The number of carbonyl (C=O) groups excluding carboxylic acids is 1. The van der Waals surface area contributed by atoms with E-state index in [1.165, 1.54) is 18.3 Å². The zero-order valence-electron chi connectivity index (χ0n) is 14.5. The van der Waals surface area contributed by atoms with Crippen LogP contribution in [0.1, 0.15) is 39.8 Å². The van der Waals surface area contributed by atoms with Crippen LogP contribution in [0.5, 0.6) is 5.75 Å². The molecule has 138 valence electrons. The van der Waals surface area contributed by atoms with Crippen LogP contribution in [0.3, 0.4) is 0 Å². The minimum atomic E-state index is -3.00. The molecule has 0 radical (unpaired) electrons. The van der Waals surface area contributed by atoms with Gasteiger partial charge in [-0.2, -0.15) is 10.2 Å². The summed E-state index contributed by atoms with van der Waals surface area (Å²) in [5.41, 5.74) is 4.96. The van der Waals surface area contributed by atoms with Crippen molar-refractivity contribution < 1.29 is 18.3 Å². The van der Waals surface area contributed by atoms with E-state index in [1.54, 1.807) is 16.8 Å². The lowest BCUT2D eigenvalue weighted by atomic mass is 10.2. The van der Waals surface area contributed by atoms with Crippen molar-refractivity contribution in [2.45, 2.75) is 26.3 Å². The summed E-state index contributed by atoms with van der Waals surface area (Å²) in [4.78, 5) is 12.0. The molecule has 0 spiro atoms. The van der Waals surface area contributed by atoms with E-state index in [0.717, 1.165) is 11.3 Å². The topological polar surface area (TPSA) is 114 Å². The highest BCUT2D eigenvalue weighted by atomic mass is 32.2. The van der Waals surface area contributed by atoms with Crippen molar-refractivity contribution in [3.8, 4) is 5.75 Å². The first-order valence-corrected chi connectivity index (χ1v) is 9.97. The second kappa shape index (κ2) is 6.91. The molecule has 0 unspecified atom stereocenters.